The number of carbonyl (C=O) groups is 1. The summed E-state index contributed by atoms with van der Waals surface area (Å²) in [5.41, 5.74) is 3.26. The molecule has 0 bridgehead atoms. The van der Waals surface area contributed by atoms with Crippen molar-refractivity contribution in [3.8, 4) is 0 Å². The molecule has 1 aromatic heterocycles. The summed E-state index contributed by atoms with van der Waals surface area (Å²) in [4.78, 5) is 23.9. The quantitative estimate of drug-likeness (QED) is 0.886. The summed E-state index contributed by atoms with van der Waals surface area (Å²) >= 11 is 0. The summed E-state index contributed by atoms with van der Waals surface area (Å²) in [5.74, 6) is 1.57. The van der Waals surface area contributed by atoms with Crippen LogP contribution in [-0.2, 0) is 0 Å². The molecule has 2 heterocycles. The van der Waals surface area contributed by atoms with Crippen LogP contribution in [0, 0.1) is 12.8 Å². The minimum absolute atomic E-state index is 0.195. The standard InChI is InChI=1S/C21H28N4O/c1-14(2)17-7-9-18(10-8-17)23-20(26)19-12-16(4)22-21(24-19)25-11-5-6-15(3)13-25/h7-10,12,14-15H,5-6,11,13H2,1-4H3,(H,23,26). The van der Waals surface area contributed by atoms with Gasteiger partial charge in [0, 0.05) is 24.5 Å². The Hall–Kier alpha value is -2.43. The number of hydrogen-bond donors (Lipinski definition) is 1. The van der Waals surface area contributed by atoms with Gasteiger partial charge < -0.3 is 10.2 Å². The highest BCUT2D eigenvalue weighted by Gasteiger charge is 2.20. The molecule has 26 heavy (non-hydrogen) atoms. The fraction of sp³-hybridized carbons (Fsp3) is 0.476. The molecule has 0 aliphatic carbocycles. The molecular formula is C21H28N4O. The molecule has 2 aromatic rings. The molecule has 1 aromatic carbocycles. The molecule has 1 atom stereocenters. The maximum atomic E-state index is 12.7. The second-order valence-corrected chi connectivity index (χ2v) is 7.62. The van der Waals surface area contributed by atoms with Crippen molar-refractivity contribution in [2.45, 2.75) is 46.5 Å². The zero-order valence-corrected chi connectivity index (χ0v) is 16.1. The second-order valence-electron chi connectivity index (χ2n) is 7.62. The van der Waals surface area contributed by atoms with Gasteiger partial charge in [-0.15, -0.1) is 0 Å². The predicted molar refractivity (Wildman–Crippen MR) is 106 cm³/mol. The van der Waals surface area contributed by atoms with Gasteiger partial charge in [0.15, 0.2) is 0 Å². The number of nitrogens with zero attached hydrogens (tertiary/aromatic N) is 3. The third-order valence-electron chi connectivity index (χ3n) is 4.85. The minimum Gasteiger partial charge on any atom is -0.341 e. The molecule has 1 saturated heterocycles. The molecule has 1 unspecified atom stereocenters. The van der Waals surface area contributed by atoms with Crippen molar-refractivity contribution in [2.24, 2.45) is 5.92 Å². The molecule has 1 N–H and O–H groups in total. The first-order valence-corrected chi connectivity index (χ1v) is 9.44. The Labute approximate surface area is 155 Å². The van der Waals surface area contributed by atoms with E-state index < -0.39 is 0 Å². The van der Waals surface area contributed by atoms with E-state index in [4.69, 9.17) is 0 Å². The molecule has 1 aliphatic rings. The molecule has 1 amide bonds. The van der Waals surface area contributed by atoms with Crippen LogP contribution < -0.4 is 10.2 Å². The Balaban J connectivity index is 1.76. The lowest BCUT2D eigenvalue weighted by atomic mass is 10.0. The number of amides is 1. The lowest BCUT2D eigenvalue weighted by molar-refractivity contribution is 0.102. The summed E-state index contributed by atoms with van der Waals surface area (Å²) in [7, 11) is 0. The molecule has 1 aliphatic heterocycles. The number of piperidine rings is 1. The van der Waals surface area contributed by atoms with Gasteiger partial charge >= 0.3 is 0 Å². The molecule has 0 radical (unpaired) electrons. The van der Waals surface area contributed by atoms with Crippen molar-refractivity contribution in [3.63, 3.8) is 0 Å². The first-order chi connectivity index (χ1) is 12.4. The van der Waals surface area contributed by atoms with Gasteiger partial charge in [-0.1, -0.05) is 32.9 Å². The monoisotopic (exact) mass is 352 g/mol. The molecule has 5 heteroatoms. The van der Waals surface area contributed by atoms with E-state index in [1.807, 2.05) is 31.2 Å². The highest BCUT2D eigenvalue weighted by atomic mass is 16.1. The van der Waals surface area contributed by atoms with E-state index in [1.165, 1.54) is 12.0 Å². The average molecular weight is 352 g/mol. The average Bonchev–Trinajstić information content (AvgIpc) is 2.61. The van der Waals surface area contributed by atoms with E-state index in [1.54, 1.807) is 6.07 Å². The number of hydrogen-bond acceptors (Lipinski definition) is 4. The van der Waals surface area contributed by atoms with Gasteiger partial charge in [-0.25, -0.2) is 9.97 Å². The summed E-state index contributed by atoms with van der Waals surface area (Å²) in [6.45, 7) is 10.4. The molecule has 0 spiro atoms. The van der Waals surface area contributed by atoms with Gasteiger partial charge in [0.25, 0.3) is 5.91 Å². The van der Waals surface area contributed by atoms with Crippen molar-refractivity contribution in [3.05, 3.63) is 47.3 Å². The maximum Gasteiger partial charge on any atom is 0.274 e. The highest BCUT2D eigenvalue weighted by Crippen LogP contribution is 2.21. The van der Waals surface area contributed by atoms with E-state index in [-0.39, 0.29) is 5.91 Å². The normalized spacial score (nSPS) is 17.4. The SMILES string of the molecule is Cc1cc(C(=O)Nc2ccc(C(C)C)cc2)nc(N2CCCC(C)C2)n1. The lowest BCUT2D eigenvalue weighted by Crippen LogP contribution is -2.36. The lowest BCUT2D eigenvalue weighted by Gasteiger charge is -2.31. The molecule has 5 nitrogen and oxygen atoms in total. The van der Waals surface area contributed by atoms with Crippen LogP contribution in [0.15, 0.2) is 30.3 Å². The molecular weight excluding hydrogens is 324 g/mol. The van der Waals surface area contributed by atoms with Crippen LogP contribution in [0.1, 0.15) is 61.3 Å². The van der Waals surface area contributed by atoms with Crippen molar-refractivity contribution in [1.29, 1.82) is 0 Å². The van der Waals surface area contributed by atoms with Gasteiger partial charge in [0.1, 0.15) is 5.69 Å². The van der Waals surface area contributed by atoms with Crippen molar-refractivity contribution < 1.29 is 4.79 Å². The van der Waals surface area contributed by atoms with Crippen molar-refractivity contribution >= 4 is 17.5 Å². The van der Waals surface area contributed by atoms with Gasteiger partial charge in [0.05, 0.1) is 0 Å². The molecule has 138 valence electrons. The van der Waals surface area contributed by atoms with E-state index in [9.17, 15) is 4.79 Å². The second kappa shape index (κ2) is 7.85. The van der Waals surface area contributed by atoms with E-state index >= 15 is 0 Å². The third kappa shape index (κ3) is 4.40. The number of anilines is 2. The number of aryl methyl sites for hydroxylation is 1. The van der Waals surface area contributed by atoms with Crippen LogP contribution >= 0.6 is 0 Å². The van der Waals surface area contributed by atoms with Crippen LogP contribution in [-0.4, -0.2) is 29.0 Å². The van der Waals surface area contributed by atoms with Crippen molar-refractivity contribution in [2.75, 3.05) is 23.3 Å². The van der Waals surface area contributed by atoms with Gasteiger partial charge in [0.2, 0.25) is 5.95 Å². The smallest absolute Gasteiger partial charge is 0.274 e. The topological polar surface area (TPSA) is 58.1 Å². The van der Waals surface area contributed by atoms with E-state index in [2.05, 4.69) is 41.0 Å². The highest BCUT2D eigenvalue weighted by molar-refractivity contribution is 6.03. The summed E-state index contributed by atoms with van der Waals surface area (Å²) in [6.07, 6.45) is 2.38. The Morgan fingerprint density at radius 1 is 1.23 bits per heavy atom. The third-order valence-corrected chi connectivity index (χ3v) is 4.85. The number of aromatic nitrogens is 2. The van der Waals surface area contributed by atoms with Crippen LogP contribution in [0.5, 0.6) is 0 Å². The van der Waals surface area contributed by atoms with Crippen LogP contribution in [0.2, 0.25) is 0 Å². The van der Waals surface area contributed by atoms with Crippen LogP contribution in [0.25, 0.3) is 0 Å². The van der Waals surface area contributed by atoms with Gasteiger partial charge in [-0.3, -0.25) is 4.79 Å². The fourth-order valence-electron chi connectivity index (χ4n) is 3.33. The fourth-order valence-corrected chi connectivity index (χ4v) is 3.33. The predicted octanol–water partition coefficient (Wildman–Crippen LogP) is 4.40. The van der Waals surface area contributed by atoms with Crippen molar-refractivity contribution in [1.82, 2.24) is 9.97 Å². The number of rotatable bonds is 4. The Bertz CT molecular complexity index is 770. The first kappa shape index (κ1) is 18.4. The number of nitrogens with one attached hydrogen (secondary N) is 1. The largest absolute Gasteiger partial charge is 0.341 e. The Morgan fingerprint density at radius 2 is 1.96 bits per heavy atom. The molecule has 3 rings (SSSR count). The van der Waals surface area contributed by atoms with Gasteiger partial charge in [-0.05, 0) is 55.4 Å². The number of benzene rings is 1. The zero-order chi connectivity index (χ0) is 18.7. The van der Waals surface area contributed by atoms with E-state index in [0.717, 1.165) is 30.9 Å². The number of carbonyl (C=O) groups excluding carboxylic acids is 1. The van der Waals surface area contributed by atoms with Crippen LogP contribution in [0.4, 0.5) is 11.6 Å². The Kier molecular flexibility index (Phi) is 5.55. The van der Waals surface area contributed by atoms with Crippen LogP contribution in [0.3, 0.4) is 0 Å². The van der Waals surface area contributed by atoms with Gasteiger partial charge in [-0.2, -0.15) is 0 Å². The Morgan fingerprint density at radius 3 is 2.62 bits per heavy atom. The zero-order valence-electron chi connectivity index (χ0n) is 16.1. The molecule has 0 saturated carbocycles. The van der Waals surface area contributed by atoms with E-state index in [0.29, 0.717) is 23.5 Å². The maximum absolute atomic E-state index is 12.7. The summed E-state index contributed by atoms with van der Waals surface area (Å²) in [6, 6.07) is 9.72. The first-order valence-electron chi connectivity index (χ1n) is 9.44. The summed E-state index contributed by atoms with van der Waals surface area (Å²) < 4.78 is 0. The summed E-state index contributed by atoms with van der Waals surface area (Å²) in [5, 5.41) is 2.94. The molecule has 1 fully saturated rings. The minimum atomic E-state index is -0.195.